The first-order valence-corrected chi connectivity index (χ1v) is 25.6. The van der Waals surface area contributed by atoms with Crippen molar-refractivity contribution in [2.75, 3.05) is 11.1 Å². The molecule has 2 nitrogen and oxygen atoms in total. The molecule has 75 heavy (non-hydrogen) atoms. The van der Waals surface area contributed by atoms with E-state index in [1.165, 1.54) is 83.5 Å². The van der Waals surface area contributed by atoms with Crippen LogP contribution in [0.5, 0.6) is 0 Å². The molecule has 0 heterocycles. The van der Waals surface area contributed by atoms with Crippen LogP contribution in [0.4, 0.5) is 17.1 Å². The van der Waals surface area contributed by atoms with Crippen molar-refractivity contribution in [1.29, 1.82) is 0 Å². The molecule has 12 rings (SSSR count). The summed E-state index contributed by atoms with van der Waals surface area (Å²) >= 11 is 6.26. The molecule has 0 aliphatic heterocycles. The Morgan fingerprint density at radius 3 is 0.840 bits per heavy atom. The van der Waals surface area contributed by atoms with E-state index in [1.807, 2.05) is 72.8 Å². The fraction of sp³-hybridized carbons (Fsp3) is 0. The molecule has 0 aliphatic rings. The molecule has 0 aromatic heterocycles. The Labute approximate surface area is 446 Å². The maximum absolute atomic E-state index is 6.26. The van der Waals surface area contributed by atoms with E-state index in [4.69, 9.17) is 17.3 Å². The van der Waals surface area contributed by atoms with Crippen molar-refractivity contribution < 1.29 is 0 Å². The third kappa shape index (κ3) is 12.8. The fourth-order valence-electron chi connectivity index (χ4n) is 9.15. The lowest BCUT2D eigenvalue weighted by molar-refractivity contribution is 1.52. The molecule has 0 fully saturated rings. The molecule has 360 valence electrons. The lowest BCUT2D eigenvalue weighted by Crippen LogP contribution is -1.93. The third-order valence-electron chi connectivity index (χ3n) is 13.1. The molecule has 0 aliphatic carbocycles. The van der Waals surface area contributed by atoms with Crippen LogP contribution in [0.25, 0.3) is 89.0 Å². The number of hydrogen-bond acceptors (Lipinski definition) is 2. The predicted molar refractivity (Wildman–Crippen MR) is 322 cm³/mol. The standard InChI is InChI=1S/C36H27N.C24H17Cl.C12H11N/c1-4-10-27(11-5-1)29-16-18-32(19-17-29)35-25-24-34(26-36(35)31-14-8-3-9-15-31)37-33-22-20-30(21-23-33)28-12-6-2-7-13-28;25-22-15-16-23(24(17-22)20-9-5-2-6-10-20)21-13-11-19(12-14-21)18-7-3-1-4-8-18;13-12-8-6-11(7-9-12)10-4-2-1-3-5-10/h1-26,37H;1-17H;1-9H,13H2. The summed E-state index contributed by atoms with van der Waals surface area (Å²) in [4.78, 5) is 0. The Kier molecular flexibility index (Phi) is 15.9. The van der Waals surface area contributed by atoms with E-state index in [1.54, 1.807) is 0 Å². The largest absolute Gasteiger partial charge is 0.399 e. The second-order valence-corrected chi connectivity index (χ2v) is 18.6. The second kappa shape index (κ2) is 24.3. The van der Waals surface area contributed by atoms with Crippen LogP contribution < -0.4 is 11.1 Å². The lowest BCUT2D eigenvalue weighted by atomic mass is 9.93. The Balaban J connectivity index is 0.000000144. The van der Waals surface area contributed by atoms with Crippen molar-refractivity contribution in [2.24, 2.45) is 0 Å². The Bertz CT molecular complexity index is 3660. The van der Waals surface area contributed by atoms with Crippen LogP contribution in [0.2, 0.25) is 5.02 Å². The van der Waals surface area contributed by atoms with Gasteiger partial charge in [-0.25, -0.2) is 0 Å². The first kappa shape index (κ1) is 49.1. The van der Waals surface area contributed by atoms with Crippen LogP contribution in [0.1, 0.15) is 0 Å². The maximum Gasteiger partial charge on any atom is 0.0412 e. The molecule has 0 bridgehead atoms. The second-order valence-electron chi connectivity index (χ2n) is 18.1. The minimum Gasteiger partial charge on any atom is -0.399 e. The van der Waals surface area contributed by atoms with Gasteiger partial charge in [-0.2, -0.15) is 0 Å². The average Bonchev–Trinajstić information content (AvgIpc) is 3.49. The van der Waals surface area contributed by atoms with Crippen molar-refractivity contribution in [3.8, 4) is 89.0 Å². The summed E-state index contributed by atoms with van der Waals surface area (Å²) in [5.41, 5.74) is 27.9. The topological polar surface area (TPSA) is 38.0 Å². The third-order valence-corrected chi connectivity index (χ3v) is 13.3. The minimum absolute atomic E-state index is 0.753. The van der Waals surface area contributed by atoms with Crippen molar-refractivity contribution >= 4 is 28.7 Å². The van der Waals surface area contributed by atoms with Gasteiger partial charge >= 0.3 is 0 Å². The van der Waals surface area contributed by atoms with E-state index in [-0.39, 0.29) is 0 Å². The summed E-state index contributed by atoms with van der Waals surface area (Å²) in [6, 6.07) is 109. The van der Waals surface area contributed by atoms with Crippen molar-refractivity contribution in [3.05, 3.63) is 320 Å². The molecule has 0 spiro atoms. The van der Waals surface area contributed by atoms with Gasteiger partial charge in [0.2, 0.25) is 0 Å². The molecular formula is C72H55ClN2. The average molecular weight is 984 g/mol. The molecule has 0 amide bonds. The van der Waals surface area contributed by atoms with E-state index < -0.39 is 0 Å². The molecule has 0 radical (unpaired) electrons. The van der Waals surface area contributed by atoms with Crippen LogP contribution in [-0.4, -0.2) is 0 Å². The summed E-state index contributed by atoms with van der Waals surface area (Å²) < 4.78 is 0. The summed E-state index contributed by atoms with van der Waals surface area (Å²) in [6.07, 6.45) is 0. The molecule has 12 aromatic rings. The predicted octanol–water partition coefficient (Wildman–Crippen LogP) is 20.4. The molecule has 0 unspecified atom stereocenters. The Hall–Kier alpha value is -9.47. The molecule has 0 saturated carbocycles. The van der Waals surface area contributed by atoms with Crippen LogP contribution in [-0.2, 0) is 0 Å². The van der Waals surface area contributed by atoms with Gasteiger partial charge in [-0.05, 0) is 138 Å². The molecular weight excluding hydrogens is 928 g/mol. The smallest absolute Gasteiger partial charge is 0.0412 e. The number of nitrogens with two attached hydrogens (primary N) is 1. The van der Waals surface area contributed by atoms with Crippen LogP contribution in [0.15, 0.2) is 315 Å². The van der Waals surface area contributed by atoms with Crippen molar-refractivity contribution in [3.63, 3.8) is 0 Å². The fourth-order valence-corrected chi connectivity index (χ4v) is 9.32. The van der Waals surface area contributed by atoms with Gasteiger partial charge in [0.25, 0.3) is 0 Å². The number of nitrogens with one attached hydrogen (secondary N) is 1. The van der Waals surface area contributed by atoms with Crippen molar-refractivity contribution in [1.82, 2.24) is 0 Å². The van der Waals surface area contributed by atoms with Crippen LogP contribution in [0.3, 0.4) is 0 Å². The molecule has 3 N–H and O–H groups in total. The highest BCUT2D eigenvalue weighted by atomic mass is 35.5. The summed E-state index contributed by atoms with van der Waals surface area (Å²) in [6.45, 7) is 0. The highest BCUT2D eigenvalue weighted by Gasteiger charge is 2.12. The van der Waals surface area contributed by atoms with E-state index in [0.717, 1.165) is 27.6 Å². The zero-order valence-corrected chi connectivity index (χ0v) is 42.2. The van der Waals surface area contributed by atoms with E-state index >= 15 is 0 Å². The first-order chi connectivity index (χ1) is 37.0. The number of nitrogen functional groups attached to an aromatic ring is 1. The van der Waals surface area contributed by atoms with Crippen molar-refractivity contribution in [2.45, 2.75) is 0 Å². The summed E-state index contributed by atoms with van der Waals surface area (Å²) in [5.74, 6) is 0. The highest BCUT2D eigenvalue weighted by Crippen LogP contribution is 2.38. The van der Waals surface area contributed by atoms with Gasteiger partial charge in [-0.3, -0.25) is 0 Å². The van der Waals surface area contributed by atoms with E-state index in [0.29, 0.717) is 0 Å². The van der Waals surface area contributed by atoms with E-state index in [9.17, 15) is 0 Å². The SMILES string of the molecule is Clc1ccc(-c2ccc(-c3ccccc3)cc2)c(-c2ccccc2)c1.Nc1ccc(-c2ccccc2)cc1.c1ccc(-c2ccc(Nc3ccc(-c4ccc(-c5ccccc5)cc4)c(-c4ccccc4)c3)cc2)cc1. The lowest BCUT2D eigenvalue weighted by Gasteiger charge is -2.15. The Morgan fingerprint density at radius 2 is 0.467 bits per heavy atom. The molecule has 0 saturated heterocycles. The minimum atomic E-state index is 0.753. The summed E-state index contributed by atoms with van der Waals surface area (Å²) in [5, 5.41) is 4.36. The number of anilines is 3. The van der Waals surface area contributed by atoms with E-state index in [2.05, 4.69) is 248 Å². The number of halogens is 1. The van der Waals surface area contributed by atoms with Gasteiger partial charge in [-0.1, -0.05) is 279 Å². The summed E-state index contributed by atoms with van der Waals surface area (Å²) in [7, 11) is 0. The van der Waals surface area contributed by atoms with Gasteiger partial charge in [0.05, 0.1) is 0 Å². The first-order valence-electron chi connectivity index (χ1n) is 25.2. The maximum atomic E-state index is 6.26. The van der Waals surface area contributed by atoms with Crippen LogP contribution >= 0.6 is 11.6 Å². The normalized spacial score (nSPS) is 10.5. The highest BCUT2D eigenvalue weighted by molar-refractivity contribution is 6.31. The van der Waals surface area contributed by atoms with Crippen LogP contribution in [0, 0.1) is 0 Å². The number of benzene rings is 12. The number of rotatable bonds is 10. The van der Waals surface area contributed by atoms with Gasteiger partial charge in [-0.15, -0.1) is 0 Å². The monoisotopic (exact) mass is 982 g/mol. The molecule has 3 heteroatoms. The van der Waals surface area contributed by atoms with Gasteiger partial charge < -0.3 is 11.1 Å². The van der Waals surface area contributed by atoms with Gasteiger partial charge in [0, 0.05) is 22.1 Å². The Morgan fingerprint density at radius 1 is 0.213 bits per heavy atom. The molecule has 0 atom stereocenters. The van der Waals surface area contributed by atoms with Gasteiger partial charge in [0.15, 0.2) is 0 Å². The zero-order valence-electron chi connectivity index (χ0n) is 41.5. The number of hydrogen-bond donors (Lipinski definition) is 2. The van der Waals surface area contributed by atoms with Gasteiger partial charge in [0.1, 0.15) is 0 Å². The zero-order chi connectivity index (χ0) is 51.0. The molecule has 12 aromatic carbocycles. The quantitative estimate of drug-likeness (QED) is 0.134.